The highest BCUT2D eigenvalue weighted by molar-refractivity contribution is 5.97. The number of hydrogen-bond donors (Lipinski definition) is 1. The van der Waals surface area contributed by atoms with Gasteiger partial charge in [-0.15, -0.1) is 0 Å². The molecule has 0 aromatic rings. The highest BCUT2D eigenvalue weighted by Gasteiger charge is 2.50. The molecule has 3 rings (SSSR count). The van der Waals surface area contributed by atoms with Gasteiger partial charge in [0.2, 0.25) is 11.8 Å². The first-order valence-corrected chi connectivity index (χ1v) is 6.33. The van der Waals surface area contributed by atoms with Gasteiger partial charge in [0.1, 0.15) is 12.1 Å². The number of hydrogen-bond acceptors (Lipinski definition) is 2. The van der Waals surface area contributed by atoms with Gasteiger partial charge in [-0.3, -0.25) is 9.59 Å². The first kappa shape index (κ1) is 10.1. The van der Waals surface area contributed by atoms with Crippen molar-refractivity contribution < 1.29 is 9.59 Å². The molecule has 0 aromatic carbocycles. The van der Waals surface area contributed by atoms with E-state index in [1.165, 1.54) is 0 Å². The molecule has 2 saturated carbocycles. The smallest absolute Gasteiger partial charge is 0.246 e. The lowest BCUT2D eigenvalue weighted by molar-refractivity contribution is -0.150. The van der Waals surface area contributed by atoms with E-state index in [-0.39, 0.29) is 23.9 Å². The van der Waals surface area contributed by atoms with E-state index in [0.29, 0.717) is 18.4 Å². The van der Waals surface area contributed by atoms with Crippen LogP contribution in [-0.4, -0.2) is 35.3 Å². The van der Waals surface area contributed by atoms with Gasteiger partial charge < -0.3 is 10.2 Å². The first-order valence-electron chi connectivity index (χ1n) is 6.33. The van der Waals surface area contributed by atoms with Crippen molar-refractivity contribution in [3.63, 3.8) is 0 Å². The van der Waals surface area contributed by atoms with Crippen molar-refractivity contribution >= 4 is 11.8 Å². The van der Waals surface area contributed by atoms with E-state index in [2.05, 4.69) is 5.32 Å². The second kappa shape index (κ2) is 3.47. The van der Waals surface area contributed by atoms with Gasteiger partial charge in [-0.05, 0) is 44.4 Å². The second-order valence-corrected chi connectivity index (χ2v) is 5.23. The van der Waals surface area contributed by atoms with Gasteiger partial charge in [0.05, 0.1) is 0 Å². The number of nitrogens with zero attached hydrogens (tertiary/aromatic N) is 1. The van der Waals surface area contributed by atoms with Crippen molar-refractivity contribution in [1.82, 2.24) is 10.2 Å². The minimum atomic E-state index is -0.220. The average molecular weight is 222 g/mol. The molecule has 4 nitrogen and oxygen atoms in total. The van der Waals surface area contributed by atoms with Crippen LogP contribution in [0.5, 0.6) is 0 Å². The van der Waals surface area contributed by atoms with Crippen molar-refractivity contribution in [2.24, 2.45) is 11.8 Å². The molecular weight excluding hydrogens is 204 g/mol. The third-order valence-corrected chi connectivity index (χ3v) is 3.95. The van der Waals surface area contributed by atoms with Gasteiger partial charge in [0.15, 0.2) is 0 Å². The Labute approximate surface area is 95.4 Å². The van der Waals surface area contributed by atoms with Crippen LogP contribution in [-0.2, 0) is 9.59 Å². The number of likely N-dealkylation sites (N-methyl/N-ethyl adjacent to an activating group) is 1. The van der Waals surface area contributed by atoms with E-state index in [9.17, 15) is 9.59 Å². The summed E-state index contributed by atoms with van der Waals surface area (Å²) in [5.41, 5.74) is 0. The fraction of sp³-hybridized carbons (Fsp3) is 0.833. The van der Waals surface area contributed by atoms with Crippen LogP contribution in [0.25, 0.3) is 0 Å². The normalized spacial score (nSPS) is 35.2. The molecule has 0 bridgehead atoms. The Morgan fingerprint density at radius 1 is 1.19 bits per heavy atom. The fourth-order valence-electron chi connectivity index (χ4n) is 2.74. The largest absolute Gasteiger partial charge is 0.342 e. The topological polar surface area (TPSA) is 49.4 Å². The number of rotatable bonds is 3. The minimum absolute atomic E-state index is 0.0841. The Balaban J connectivity index is 1.82. The van der Waals surface area contributed by atoms with E-state index < -0.39 is 0 Å². The van der Waals surface area contributed by atoms with E-state index in [4.69, 9.17) is 0 Å². The van der Waals surface area contributed by atoms with Gasteiger partial charge in [0, 0.05) is 6.54 Å². The number of carbonyl (C=O) groups is 2. The van der Waals surface area contributed by atoms with Gasteiger partial charge in [-0.2, -0.15) is 0 Å². The summed E-state index contributed by atoms with van der Waals surface area (Å²) in [4.78, 5) is 26.1. The number of carbonyl (C=O) groups excluding carboxylic acids is 2. The summed E-state index contributed by atoms with van der Waals surface area (Å²) in [5.74, 6) is 1.07. The van der Waals surface area contributed by atoms with Crippen LogP contribution in [0.1, 0.15) is 32.6 Å². The molecule has 4 heteroatoms. The lowest BCUT2D eigenvalue weighted by Gasteiger charge is -2.38. The Kier molecular flexibility index (Phi) is 2.19. The molecule has 1 N–H and O–H groups in total. The molecule has 2 amide bonds. The predicted octanol–water partition coefficient (Wildman–Crippen LogP) is 0.522. The summed E-state index contributed by atoms with van der Waals surface area (Å²) in [7, 11) is 0. The summed E-state index contributed by atoms with van der Waals surface area (Å²) in [6, 6.07) is -0.394. The Hall–Kier alpha value is -1.06. The molecule has 0 radical (unpaired) electrons. The third kappa shape index (κ3) is 1.51. The molecule has 1 saturated heterocycles. The zero-order valence-corrected chi connectivity index (χ0v) is 9.61. The summed E-state index contributed by atoms with van der Waals surface area (Å²) < 4.78 is 0. The van der Waals surface area contributed by atoms with Crippen molar-refractivity contribution in [1.29, 1.82) is 0 Å². The molecule has 1 aliphatic heterocycles. The zero-order chi connectivity index (χ0) is 11.3. The van der Waals surface area contributed by atoms with Crippen molar-refractivity contribution in [2.45, 2.75) is 44.7 Å². The molecule has 1 heterocycles. The first-order chi connectivity index (χ1) is 7.72. The van der Waals surface area contributed by atoms with Crippen LogP contribution in [0.15, 0.2) is 0 Å². The summed E-state index contributed by atoms with van der Waals surface area (Å²) in [5, 5.41) is 2.93. The van der Waals surface area contributed by atoms with Crippen LogP contribution >= 0.6 is 0 Å². The lowest BCUT2D eigenvalue weighted by Crippen LogP contribution is -2.64. The highest BCUT2D eigenvalue weighted by Crippen LogP contribution is 2.40. The van der Waals surface area contributed by atoms with Crippen LogP contribution in [0.3, 0.4) is 0 Å². The second-order valence-electron chi connectivity index (χ2n) is 5.23. The quantitative estimate of drug-likeness (QED) is 0.757. The van der Waals surface area contributed by atoms with Gasteiger partial charge in [-0.1, -0.05) is 0 Å². The summed E-state index contributed by atoms with van der Waals surface area (Å²) >= 11 is 0. The molecule has 2 aliphatic carbocycles. The predicted molar refractivity (Wildman–Crippen MR) is 58.6 cm³/mol. The molecule has 2 atom stereocenters. The number of piperazine rings is 1. The maximum atomic E-state index is 12.2. The maximum Gasteiger partial charge on any atom is 0.246 e. The van der Waals surface area contributed by atoms with Gasteiger partial charge >= 0.3 is 0 Å². The monoisotopic (exact) mass is 222 g/mol. The lowest BCUT2D eigenvalue weighted by atomic mass is 10.0. The molecule has 0 spiro atoms. The Morgan fingerprint density at radius 2 is 1.81 bits per heavy atom. The average Bonchev–Trinajstić information content (AvgIpc) is 3.13. The zero-order valence-electron chi connectivity index (χ0n) is 9.61. The molecule has 16 heavy (non-hydrogen) atoms. The standard InChI is InChI=1S/C12H18N2O2/c1-2-14-10(8-5-6-8)11(15)13-9(12(14)16)7-3-4-7/h7-10H,2-6H2,1H3,(H,13,15). The van der Waals surface area contributed by atoms with E-state index in [0.717, 1.165) is 25.7 Å². The molecule has 88 valence electrons. The van der Waals surface area contributed by atoms with E-state index >= 15 is 0 Å². The minimum Gasteiger partial charge on any atom is -0.342 e. The van der Waals surface area contributed by atoms with Crippen LogP contribution in [0.2, 0.25) is 0 Å². The number of amides is 2. The van der Waals surface area contributed by atoms with Crippen molar-refractivity contribution in [2.75, 3.05) is 6.54 Å². The number of nitrogens with one attached hydrogen (secondary N) is 1. The summed E-state index contributed by atoms with van der Waals surface area (Å²) in [6.07, 6.45) is 4.36. The Morgan fingerprint density at radius 3 is 2.31 bits per heavy atom. The van der Waals surface area contributed by atoms with Crippen molar-refractivity contribution in [3.8, 4) is 0 Å². The van der Waals surface area contributed by atoms with Gasteiger partial charge in [-0.25, -0.2) is 0 Å². The molecule has 3 fully saturated rings. The molecule has 2 unspecified atom stereocenters. The molecular formula is C12H18N2O2. The van der Waals surface area contributed by atoms with E-state index in [1.807, 2.05) is 6.92 Å². The summed E-state index contributed by atoms with van der Waals surface area (Å²) in [6.45, 7) is 2.63. The van der Waals surface area contributed by atoms with Crippen LogP contribution in [0.4, 0.5) is 0 Å². The highest BCUT2D eigenvalue weighted by atomic mass is 16.2. The van der Waals surface area contributed by atoms with Crippen LogP contribution < -0.4 is 5.32 Å². The molecule has 0 aromatic heterocycles. The SMILES string of the molecule is CCN1C(=O)C(C2CC2)NC(=O)C1C1CC1. The maximum absolute atomic E-state index is 12.2. The van der Waals surface area contributed by atoms with Crippen LogP contribution in [0, 0.1) is 11.8 Å². The Bertz CT molecular complexity index is 334. The van der Waals surface area contributed by atoms with Crippen molar-refractivity contribution in [3.05, 3.63) is 0 Å². The van der Waals surface area contributed by atoms with Gasteiger partial charge in [0.25, 0.3) is 0 Å². The fourth-order valence-corrected chi connectivity index (χ4v) is 2.74. The third-order valence-electron chi connectivity index (χ3n) is 3.95. The van der Waals surface area contributed by atoms with E-state index in [1.54, 1.807) is 4.90 Å². The molecule has 3 aliphatic rings.